The quantitative estimate of drug-likeness (QED) is 0.907. The molecule has 1 aliphatic heterocycles. The Balaban J connectivity index is 1.79. The van der Waals surface area contributed by atoms with Gasteiger partial charge in [0.25, 0.3) is 0 Å². The molecule has 1 atom stereocenters. The Morgan fingerprint density at radius 3 is 2.85 bits per heavy atom. The Bertz CT molecular complexity index is 653. The molecule has 20 heavy (non-hydrogen) atoms. The highest BCUT2D eigenvalue weighted by Crippen LogP contribution is 2.17. The van der Waals surface area contributed by atoms with Crippen molar-refractivity contribution in [3.05, 3.63) is 34.3 Å². The number of rotatable bonds is 3. The fourth-order valence-corrected chi connectivity index (χ4v) is 2.89. The largest absolute Gasteiger partial charge is 0.419 e. The second-order valence-electron chi connectivity index (χ2n) is 5.57. The van der Waals surface area contributed by atoms with Gasteiger partial charge >= 0.3 is 5.76 Å². The average Bonchev–Trinajstić information content (AvgIpc) is 2.75. The fraction of sp³-hybridized carbons (Fsp3) is 0.533. The zero-order valence-corrected chi connectivity index (χ0v) is 12.1. The molecule has 0 radical (unpaired) electrons. The Hall–Kier alpha value is -1.59. The van der Waals surface area contributed by atoms with Crippen molar-refractivity contribution in [3.8, 4) is 0 Å². The van der Waals surface area contributed by atoms with E-state index in [1.54, 1.807) is 11.6 Å². The van der Waals surface area contributed by atoms with E-state index in [1.165, 1.54) is 5.56 Å². The van der Waals surface area contributed by atoms with Crippen molar-refractivity contribution < 1.29 is 4.42 Å². The van der Waals surface area contributed by atoms with Gasteiger partial charge in [-0.25, -0.2) is 4.79 Å². The molecular formula is C15H21N3O2. The molecule has 5 nitrogen and oxygen atoms in total. The van der Waals surface area contributed by atoms with E-state index in [4.69, 9.17) is 4.42 Å². The zero-order chi connectivity index (χ0) is 14.1. The molecule has 1 saturated heterocycles. The van der Waals surface area contributed by atoms with Gasteiger partial charge in [-0.1, -0.05) is 6.07 Å². The molecule has 0 spiro atoms. The average molecular weight is 275 g/mol. The normalized spacial score (nSPS) is 18.5. The lowest BCUT2D eigenvalue weighted by atomic mass is 10.0. The summed E-state index contributed by atoms with van der Waals surface area (Å²) in [6.45, 7) is 6.62. The summed E-state index contributed by atoms with van der Waals surface area (Å²) < 4.78 is 6.73. The van der Waals surface area contributed by atoms with Crippen LogP contribution in [0, 0.1) is 0 Å². The highest BCUT2D eigenvalue weighted by atomic mass is 16.4. The zero-order valence-electron chi connectivity index (χ0n) is 12.1. The Labute approximate surface area is 118 Å². The third kappa shape index (κ3) is 2.51. The molecule has 3 rings (SSSR count). The van der Waals surface area contributed by atoms with Crippen molar-refractivity contribution in [2.75, 3.05) is 26.2 Å². The minimum atomic E-state index is -0.299. The minimum Gasteiger partial charge on any atom is -0.408 e. The van der Waals surface area contributed by atoms with Crippen LogP contribution in [0.2, 0.25) is 0 Å². The highest BCUT2D eigenvalue weighted by molar-refractivity contribution is 5.73. The van der Waals surface area contributed by atoms with Crippen molar-refractivity contribution in [1.82, 2.24) is 14.8 Å². The molecule has 2 aromatic rings. The second-order valence-corrected chi connectivity index (χ2v) is 5.57. The van der Waals surface area contributed by atoms with Gasteiger partial charge in [-0.3, -0.25) is 9.47 Å². The van der Waals surface area contributed by atoms with E-state index < -0.39 is 0 Å². The number of oxazole rings is 1. The lowest BCUT2D eigenvalue weighted by Crippen LogP contribution is -2.48. The maximum Gasteiger partial charge on any atom is 0.419 e. The molecule has 0 amide bonds. The van der Waals surface area contributed by atoms with Crippen LogP contribution < -0.4 is 11.1 Å². The molecular weight excluding hydrogens is 254 g/mol. The molecule has 108 valence electrons. The lowest BCUT2D eigenvalue weighted by Gasteiger charge is -2.32. The molecule has 0 aliphatic carbocycles. The van der Waals surface area contributed by atoms with Gasteiger partial charge in [0.05, 0.1) is 5.52 Å². The van der Waals surface area contributed by atoms with E-state index in [-0.39, 0.29) is 5.76 Å². The molecule has 0 saturated carbocycles. The molecule has 5 heteroatoms. The summed E-state index contributed by atoms with van der Waals surface area (Å²) in [6.07, 6.45) is 0.995. The summed E-state index contributed by atoms with van der Waals surface area (Å²) in [4.78, 5) is 14.0. The Morgan fingerprint density at radius 1 is 1.35 bits per heavy atom. The van der Waals surface area contributed by atoms with Gasteiger partial charge in [-0.2, -0.15) is 0 Å². The van der Waals surface area contributed by atoms with E-state index in [1.807, 2.05) is 6.07 Å². The van der Waals surface area contributed by atoms with Crippen LogP contribution in [0.4, 0.5) is 0 Å². The topological polar surface area (TPSA) is 50.4 Å². The maximum atomic E-state index is 11.5. The number of aromatic nitrogens is 1. The summed E-state index contributed by atoms with van der Waals surface area (Å²) in [5.41, 5.74) is 2.79. The van der Waals surface area contributed by atoms with Crippen molar-refractivity contribution in [2.45, 2.75) is 19.4 Å². The number of nitrogens with one attached hydrogen (secondary N) is 1. The Morgan fingerprint density at radius 2 is 2.10 bits per heavy atom. The van der Waals surface area contributed by atoms with Crippen LogP contribution in [-0.4, -0.2) is 41.7 Å². The second kappa shape index (κ2) is 5.42. The minimum absolute atomic E-state index is 0.299. The maximum absolute atomic E-state index is 11.5. The van der Waals surface area contributed by atoms with Gasteiger partial charge in [0.2, 0.25) is 0 Å². The van der Waals surface area contributed by atoms with Gasteiger partial charge in [0, 0.05) is 39.3 Å². The summed E-state index contributed by atoms with van der Waals surface area (Å²) in [6, 6.07) is 6.54. The molecule has 1 aromatic carbocycles. The molecule has 0 bridgehead atoms. The number of hydrogen-bond acceptors (Lipinski definition) is 4. The molecule has 1 N–H and O–H groups in total. The van der Waals surface area contributed by atoms with E-state index in [0.717, 1.165) is 38.1 Å². The standard InChI is InChI=1S/C15H21N3O2/c1-11(18-7-5-16-6-8-18)9-12-3-4-14-13(10-12)17(2)15(19)20-14/h3-4,10-11,16H,5-9H2,1-2H3. The van der Waals surface area contributed by atoms with Gasteiger partial charge < -0.3 is 9.73 Å². The third-order valence-electron chi connectivity index (χ3n) is 4.16. The summed E-state index contributed by atoms with van der Waals surface area (Å²) in [5, 5.41) is 3.38. The first-order valence-corrected chi connectivity index (χ1v) is 7.18. The van der Waals surface area contributed by atoms with Crippen LogP contribution in [0.15, 0.2) is 27.4 Å². The number of nitrogens with zero attached hydrogens (tertiary/aromatic N) is 2. The van der Waals surface area contributed by atoms with Crippen LogP contribution >= 0.6 is 0 Å². The van der Waals surface area contributed by atoms with Gasteiger partial charge in [-0.15, -0.1) is 0 Å². The first-order valence-electron chi connectivity index (χ1n) is 7.18. The van der Waals surface area contributed by atoms with Gasteiger partial charge in [0.15, 0.2) is 5.58 Å². The van der Waals surface area contributed by atoms with Crippen LogP contribution in [0.3, 0.4) is 0 Å². The Kier molecular flexibility index (Phi) is 3.63. The first kappa shape index (κ1) is 13.4. The number of fused-ring (bicyclic) bond motifs is 1. The van der Waals surface area contributed by atoms with E-state index >= 15 is 0 Å². The van der Waals surface area contributed by atoms with Crippen LogP contribution in [-0.2, 0) is 13.5 Å². The lowest BCUT2D eigenvalue weighted by molar-refractivity contribution is 0.183. The van der Waals surface area contributed by atoms with Crippen LogP contribution in [0.5, 0.6) is 0 Å². The smallest absolute Gasteiger partial charge is 0.408 e. The SMILES string of the molecule is CC(Cc1ccc2oc(=O)n(C)c2c1)N1CCNCC1. The van der Waals surface area contributed by atoms with Gasteiger partial charge in [-0.05, 0) is 31.0 Å². The number of aryl methyl sites for hydroxylation is 1. The molecule has 1 unspecified atom stereocenters. The van der Waals surface area contributed by atoms with E-state index in [2.05, 4.69) is 29.3 Å². The molecule has 1 aliphatic rings. The number of benzene rings is 1. The summed E-state index contributed by atoms with van der Waals surface area (Å²) in [5.74, 6) is -0.299. The molecule has 2 heterocycles. The highest BCUT2D eigenvalue weighted by Gasteiger charge is 2.17. The first-order chi connectivity index (χ1) is 9.65. The summed E-state index contributed by atoms with van der Waals surface area (Å²) in [7, 11) is 1.75. The van der Waals surface area contributed by atoms with E-state index in [0.29, 0.717) is 11.6 Å². The predicted octanol–water partition coefficient (Wildman–Crippen LogP) is 0.968. The summed E-state index contributed by atoms with van der Waals surface area (Å²) >= 11 is 0. The van der Waals surface area contributed by atoms with Crippen molar-refractivity contribution in [1.29, 1.82) is 0 Å². The fourth-order valence-electron chi connectivity index (χ4n) is 2.89. The van der Waals surface area contributed by atoms with Crippen molar-refractivity contribution in [2.24, 2.45) is 7.05 Å². The molecule has 1 fully saturated rings. The monoisotopic (exact) mass is 275 g/mol. The van der Waals surface area contributed by atoms with Crippen molar-refractivity contribution >= 4 is 11.1 Å². The molecule has 1 aromatic heterocycles. The van der Waals surface area contributed by atoms with Crippen LogP contribution in [0.25, 0.3) is 11.1 Å². The number of piperazine rings is 1. The van der Waals surface area contributed by atoms with Crippen molar-refractivity contribution in [3.63, 3.8) is 0 Å². The van der Waals surface area contributed by atoms with Crippen LogP contribution in [0.1, 0.15) is 12.5 Å². The van der Waals surface area contributed by atoms with Gasteiger partial charge in [0.1, 0.15) is 0 Å². The third-order valence-corrected chi connectivity index (χ3v) is 4.16. The number of hydrogen-bond donors (Lipinski definition) is 1. The van der Waals surface area contributed by atoms with E-state index in [9.17, 15) is 4.79 Å². The predicted molar refractivity (Wildman–Crippen MR) is 79.1 cm³/mol.